The van der Waals surface area contributed by atoms with E-state index in [-0.39, 0.29) is 11.8 Å². The van der Waals surface area contributed by atoms with E-state index < -0.39 is 0 Å². The van der Waals surface area contributed by atoms with Gasteiger partial charge in [0, 0.05) is 30.9 Å². The molecule has 0 spiro atoms. The first-order chi connectivity index (χ1) is 14.4. The molecule has 6 heteroatoms. The van der Waals surface area contributed by atoms with Crippen molar-refractivity contribution in [3.8, 4) is 11.6 Å². The van der Waals surface area contributed by atoms with Gasteiger partial charge in [-0.2, -0.15) is 0 Å². The molecule has 0 saturated carbocycles. The molecule has 1 aromatic heterocycles. The predicted molar refractivity (Wildman–Crippen MR) is 116 cm³/mol. The summed E-state index contributed by atoms with van der Waals surface area (Å²) in [5.41, 5.74) is 5.03. The maximum Gasteiger partial charge on any atom is 0.255 e. The zero-order chi connectivity index (χ0) is 21.3. The fourth-order valence-electron chi connectivity index (χ4n) is 3.57. The molecule has 0 aliphatic carbocycles. The number of carbonyl (C=O) groups is 2. The van der Waals surface area contributed by atoms with Gasteiger partial charge in [-0.3, -0.25) is 9.59 Å². The molecule has 1 N–H and O–H groups in total. The summed E-state index contributed by atoms with van der Waals surface area (Å²) >= 11 is 0. The lowest BCUT2D eigenvalue weighted by Gasteiger charge is -2.15. The number of pyridine rings is 1. The van der Waals surface area contributed by atoms with E-state index in [4.69, 9.17) is 4.74 Å². The molecule has 3 aromatic rings. The van der Waals surface area contributed by atoms with Crippen LogP contribution in [0.25, 0.3) is 0 Å². The number of aromatic nitrogens is 1. The Morgan fingerprint density at radius 1 is 1.10 bits per heavy atom. The minimum absolute atomic E-state index is 0.00884. The van der Waals surface area contributed by atoms with Crippen molar-refractivity contribution in [3.63, 3.8) is 0 Å². The van der Waals surface area contributed by atoms with Crippen LogP contribution in [-0.2, 0) is 11.2 Å². The van der Waals surface area contributed by atoms with Crippen molar-refractivity contribution in [2.45, 2.75) is 27.2 Å². The van der Waals surface area contributed by atoms with Crippen molar-refractivity contribution < 1.29 is 14.3 Å². The monoisotopic (exact) mass is 401 g/mol. The van der Waals surface area contributed by atoms with Gasteiger partial charge in [0.05, 0.1) is 0 Å². The fraction of sp³-hybridized carbons (Fsp3) is 0.208. The standard InChI is InChI=1S/C24H23N3O3/c1-15-6-4-8-22(16(15)2)30-24-20(7-5-12-25-24)26-23(29)19-9-10-21-18(14-19)11-13-27(21)17(3)28/h4-10,12,14H,11,13H2,1-3H3,(H,26,29). The molecule has 0 fully saturated rings. The second kappa shape index (κ2) is 7.99. The van der Waals surface area contributed by atoms with Crippen molar-refractivity contribution in [1.29, 1.82) is 0 Å². The molecule has 6 nitrogen and oxygen atoms in total. The second-order valence-corrected chi connectivity index (χ2v) is 7.37. The average molecular weight is 401 g/mol. The maximum absolute atomic E-state index is 12.9. The first-order valence-electron chi connectivity index (χ1n) is 9.85. The Hall–Kier alpha value is -3.67. The number of hydrogen-bond acceptors (Lipinski definition) is 4. The zero-order valence-electron chi connectivity index (χ0n) is 17.2. The highest BCUT2D eigenvalue weighted by Crippen LogP contribution is 2.32. The Kier molecular flexibility index (Phi) is 5.23. The predicted octanol–water partition coefficient (Wildman–Crippen LogP) is 4.65. The number of nitrogens with zero attached hydrogens (tertiary/aromatic N) is 2. The topological polar surface area (TPSA) is 71.5 Å². The Morgan fingerprint density at radius 2 is 1.93 bits per heavy atom. The fourth-order valence-corrected chi connectivity index (χ4v) is 3.57. The van der Waals surface area contributed by atoms with Gasteiger partial charge in [-0.15, -0.1) is 0 Å². The number of anilines is 2. The minimum Gasteiger partial charge on any atom is -0.437 e. The van der Waals surface area contributed by atoms with E-state index in [1.54, 1.807) is 36.2 Å². The maximum atomic E-state index is 12.9. The van der Waals surface area contributed by atoms with Crippen molar-refractivity contribution in [1.82, 2.24) is 4.98 Å². The number of carbonyl (C=O) groups excluding carboxylic acids is 2. The van der Waals surface area contributed by atoms with Crippen molar-refractivity contribution >= 4 is 23.2 Å². The first-order valence-corrected chi connectivity index (χ1v) is 9.85. The smallest absolute Gasteiger partial charge is 0.255 e. The molecule has 152 valence electrons. The summed E-state index contributed by atoms with van der Waals surface area (Å²) in [6, 6.07) is 14.7. The van der Waals surface area contributed by atoms with E-state index in [9.17, 15) is 9.59 Å². The molecule has 0 atom stereocenters. The van der Waals surface area contributed by atoms with E-state index in [1.807, 2.05) is 44.2 Å². The van der Waals surface area contributed by atoms with E-state index >= 15 is 0 Å². The number of ether oxygens (including phenoxy) is 1. The van der Waals surface area contributed by atoms with E-state index in [0.717, 1.165) is 28.8 Å². The highest BCUT2D eigenvalue weighted by Gasteiger charge is 2.23. The molecule has 0 unspecified atom stereocenters. The van der Waals surface area contributed by atoms with E-state index in [2.05, 4.69) is 10.3 Å². The summed E-state index contributed by atoms with van der Waals surface area (Å²) in [6.07, 6.45) is 2.37. The molecule has 1 aliphatic rings. The van der Waals surface area contributed by atoms with Gasteiger partial charge < -0.3 is 15.0 Å². The third kappa shape index (κ3) is 3.76. The third-order valence-electron chi connectivity index (χ3n) is 5.40. The van der Waals surface area contributed by atoms with Crippen molar-refractivity contribution in [2.24, 2.45) is 0 Å². The van der Waals surface area contributed by atoms with Gasteiger partial charge in [-0.1, -0.05) is 12.1 Å². The lowest BCUT2D eigenvalue weighted by atomic mass is 10.1. The van der Waals surface area contributed by atoms with Crippen molar-refractivity contribution in [3.05, 3.63) is 77.0 Å². The largest absolute Gasteiger partial charge is 0.437 e. The minimum atomic E-state index is -0.252. The molecule has 30 heavy (non-hydrogen) atoms. The average Bonchev–Trinajstić information content (AvgIpc) is 3.16. The van der Waals surface area contributed by atoms with Crippen LogP contribution in [0.15, 0.2) is 54.7 Å². The molecule has 2 amide bonds. The first kappa shape index (κ1) is 19.6. The van der Waals surface area contributed by atoms with Gasteiger partial charge in [0.2, 0.25) is 11.8 Å². The quantitative estimate of drug-likeness (QED) is 0.691. The molecule has 0 radical (unpaired) electrons. The van der Waals surface area contributed by atoms with Crippen LogP contribution in [0.1, 0.15) is 34.0 Å². The molecule has 2 aromatic carbocycles. The van der Waals surface area contributed by atoms with Gasteiger partial charge in [0.15, 0.2) is 0 Å². The Balaban J connectivity index is 1.56. The summed E-state index contributed by atoms with van der Waals surface area (Å²) in [6.45, 7) is 6.20. The van der Waals surface area contributed by atoms with Gasteiger partial charge in [-0.05, 0) is 73.4 Å². The second-order valence-electron chi connectivity index (χ2n) is 7.37. The van der Waals surface area contributed by atoms with Crippen LogP contribution in [0, 0.1) is 13.8 Å². The van der Waals surface area contributed by atoms with Gasteiger partial charge in [0.25, 0.3) is 5.91 Å². The summed E-state index contributed by atoms with van der Waals surface area (Å²) in [7, 11) is 0. The van der Waals surface area contributed by atoms with Crippen LogP contribution in [-0.4, -0.2) is 23.3 Å². The Morgan fingerprint density at radius 3 is 2.73 bits per heavy atom. The molecular formula is C24H23N3O3. The number of benzene rings is 2. The van der Waals surface area contributed by atoms with Crippen LogP contribution in [0.5, 0.6) is 11.6 Å². The Bertz CT molecular complexity index is 1140. The van der Waals surface area contributed by atoms with E-state index in [0.29, 0.717) is 29.4 Å². The van der Waals surface area contributed by atoms with Crippen LogP contribution in [0.3, 0.4) is 0 Å². The number of rotatable bonds is 4. The van der Waals surface area contributed by atoms with Gasteiger partial charge in [-0.25, -0.2) is 4.98 Å². The van der Waals surface area contributed by atoms with Crippen LogP contribution in [0.4, 0.5) is 11.4 Å². The molecule has 0 saturated heterocycles. The van der Waals surface area contributed by atoms with Gasteiger partial charge in [0.1, 0.15) is 11.4 Å². The number of nitrogens with one attached hydrogen (secondary N) is 1. The highest BCUT2D eigenvalue weighted by atomic mass is 16.5. The summed E-state index contributed by atoms with van der Waals surface area (Å²) in [5.74, 6) is 0.793. The molecule has 0 bridgehead atoms. The zero-order valence-corrected chi connectivity index (χ0v) is 17.2. The van der Waals surface area contributed by atoms with Gasteiger partial charge >= 0.3 is 0 Å². The molecule has 1 aliphatic heterocycles. The third-order valence-corrected chi connectivity index (χ3v) is 5.40. The highest BCUT2D eigenvalue weighted by molar-refractivity contribution is 6.05. The number of hydrogen-bond donors (Lipinski definition) is 1. The molecule has 4 rings (SSSR count). The lowest BCUT2D eigenvalue weighted by Crippen LogP contribution is -2.25. The van der Waals surface area contributed by atoms with Crippen LogP contribution >= 0.6 is 0 Å². The summed E-state index contributed by atoms with van der Waals surface area (Å²) in [5, 5.41) is 2.90. The molecule has 2 heterocycles. The number of amides is 2. The van der Waals surface area contributed by atoms with Crippen LogP contribution < -0.4 is 15.0 Å². The number of fused-ring (bicyclic) bond motifs is 1. The lowest BCUT2D eigenvalue weighted by molar-refractivity contribution is -0.116. The normalized spacial score (nSPS) is 12.4. The Labute approximate surface area is 175 Å². The van der Waals surface area contributed by atoms with E-state index in [1.165, 1.54) is 0 Å². The number of aryl methyl sites for hydroxylation is 1. The van der Waals surface area contributed by atoms with Crippen molar-refractivity contribution in [2.75, 3.05) is 16.8 Å². The summed E-state index contributed by atoms with van der Waals surface area (Å²) < 4.78 is 6.00. The van der Waals surface area contributed by atoms with Crippen LogP contribution in [0.2, 0.25) is 0 Å². The summed E-state index contributed by atoms with van der Waals surface area (Å²) in [4.78, 5) is 30.6. The molecular weight excluding hydrogens is 378 g/mol. The SMILES string of the molecule is CC(=O)N1CCc2cc(C(=O)Nc3cccnc3Oc3cccc(C)c3C)ccc21.